The van der Waals surface area contributed by atoms with Crippen LogP contribution in [-0.2, 0) is 6.54 Å². The number of halogens is 1. The summed E-state index contributed by atoms with van der Waals surface area (Å²) in [5.74, 6) is 3.03. The Morgan fingerprint density at radius 2 is 2.38 bits per heavy atom. The van der Waals surface area contributed by atoms with Gasteiger partial charge in [-0.2, -0.15) is 16.7 Å². The zero-order chi connectivity index (χ0) is 16.8. The lowest BCUT2D eigenvalue weighted by Crippen LogP contribution is -2.39. The number of nitrogens with one attached hydrogen (secondary N) is 2. The minimum atomic E-state index is 0.422. The summed E-state index contributed by atoms with van der Waals surface area (Å²) in [5.41, 5.74) is 0.832. The fourth-order valence-corrected chi connectivity index (χ4v) is 3.86. The first-order valence-corrected chi connectivity index (χ1v) is 9.32. The largest absolute Gasteiger partial charge is 0.355 e. The van der Waals surface area contributed by atoms with Crippen molar-refractivity contribution in [3.05, 3.63) is 35.2 Å². The number of nitrogens with zero attached hydrogens (tertiary/aromatic N) is 3. The summed E-state index contributed by atoms with van der Waals surface area (Å²) < 4.78 is 5.28. The third kappa shape index (κ3) is 4.64. The van der Waals surface area contributed by atoms with E-state index in [0.717, 1.165) is 18.1 Å². The second-order valence-corrected chi connectivity index (χ2v) is 7.31. The van der Waals surface area contributed by atoms with E-state index < -0.39 is 0 Å². The molecule has 0 bridgehead atoms. The average Bonchev–Trinajstić information content (AvgIpc) is 3.27. The Bertz CT molecular complexity index is 699. The van der Waals surface area contributed by atoms with Crippen LogP contribution in [0.3, 0.4) is 0 Å². The molecule has 1 aliphatic heterocycles. The van der Waals surface area contributed by atoms with Crippen LogP contribution in [0.4, 0.5) is 0 Å². The van der Waals surface area contributed by atoms with Crippen LogP contribution in [0.5, 0.6) is 0 Å². The monoisotopic (exact) mass is 365 g/mol. The number of hydrogen-bond acceptors (Lipinski definition) is 5. The van der Waals surface area contributed by atoms with Gasteiger partial charge < -0.3 is 15.2 Å². The van der Waals surface area contributed by atoms with Crippen molar-refractivity contribution in [2.24, 2.45) is 4.99 Å². The molecule has 1 aromatic carbocycles. The number of hydrogen-bond donors (Lipinski definition) is 2. The maximum absolute atomic E-state index is 5.99. The Balaban J connectivity index is 1.52. The molecule has 1 atom stereocenters. The smallest absolute Gasteiger partial charge is 0.246 e. The highest BCUT2D eigenvalue weighted by Crippen LogP contribution is 2.25. The number of rotatable bonds is 5. The van der Waals surface area contributed by atoms with E-state index in [9.17, 15) is 0 Å². The van der Waals surface area contributed by atoms with E-state index in [1.54, 1.807) is 7.05 Å². The number of benzene rings is 1. The first-order valence-electron chi connectivity index (χ1n) is 7.89. The molecule has 128 valence electrons. The maximum Gasteiger partial charge on any atom is 0.246 e. The molecule has 0 aliphatic carbocycles. The zero-order valence-corrected chi connectivity index (χ0v) is 15.0. The molecular formula is C16H20ClN5OS. The van der Waals surface area contributed by atoms with Gasteiger partial charge in [0, 0.05) is 29.4 Å². The molecule has 0 saturated carbocycles. The molecule has 1 unspecified atom stereocenters. The van der Waals surface area contributed by atoms with Gasteiger partial charge in [0.25, 0.3) is 0 Å². The SMILES string of the molecule is CN=C(NCc1nc(-c2cccc(Cl)c2)no1)NCC1CCCS1. The summed E-state index contributed by atoms with van der Waals surface area (Å²) in [4.78, 5) is 8.60. The lowest BCUT2D eigenvalue weighted by atomic mass is 10.2. The van der Waals surface area contributed by atoms with Crippen LogP contribution in [0.25, 0.3) is 11.4 Å². The molecule has 1 fully saturated rings. The maximum atomic E-state index is 5.99. The highest BCUT2D eigenvalue weighted by Gasteiger charge is 2.16. The lowest BCUT2D eigenvalue weighted by Gasteiger charge is -2.13. The Morgan fingerprint density at radius 3 is 3.12 bits per heavy atom. The van der Waals surface area contributed by atoms with Gasteiger partial charge >= 0.3 is 0 Å². The van der Waals surface area contributed by atoms with Gasteiger partial charge in [0.2, 0.25) is 11.7 Å². The fourth-order valence-electron chi connectivity index (χ4n) is 2.47. The van der Waals surface area contributed by atoms with Crippen molar-refractivity contribution >= 4 is 29.3 Å². The lowest BCUT2D eigenvalue weighted by molar-refractivity contribution is 0.375. The molecule has 1 saturated heterocycles. The molecular weight excluding hydrogens is 346 g/mol. The quantitative estimate of drug-likeness (QED) is 0.626. The number of guanidine groups is 1. The van der Waals surface area contributed by atoms with Crippen LogP contribution in [-0.4, -0.2) is 40.7 Å². The Hall–Kier alpha value is -1.73. The number of aliphatic imine (C=N–C) groups is 1. The minimum Gasteiger partial charge on any atom is -0.355 e. The molecule has 2 N–H and O–H groups in total. The van der Waals surface area contributed by atoms with Crippen LogP contribution in [0, 0.1) is 0 Å². The van der Waals surface area contributed by atoms with Crippen molar-refractivity contribution in [2.45, 2.75) is 24.6 Å². The topological polar surface area (TPSA) is 75.3 Å². The van der Waals surface area contributed by atoms with Gasteiger partial charge in [0.15, 0.2) is 5.96 Å². The predicted molar refractivity (Wildman–Crippen MR) is 98.4 cm³/mol. The van der Waals surface area contributed by atoms with Gasteiger partial charge in [0.05, 0.1) is 6.54 Å². The van der Waals surface area contributed by atoms with E-state index in [-0.39, 0.29) is 0 Å². The molecule has 2 aromatic rings. The van der Waals surface area contributed by atoms with E-state index in [2.05, 4.69) is 25.8 Å². The van der Waals surface area contributed by atoms with E-state index in [4.69, 9.17) is 16.1 Å². The van der Waals surface area contributed by atoms with Crippen molar-refractivity contribution in [2.75, 3.05) is 19.3 Å². The van der Waals surface area contributed by atoms with Crippen molar-refractivity contribution in [3.8, 4) is 11.4 Å². The fraction of sp³-hybridized carbons (Fsp3) is 0.438. The van der Waals surface area contributed by atoms with E-state index in [0.29, 0.717) is 28.5 Å². The van der Waals surface area contributed by atoms with Gasteiger partial charge in [-0.3, -0.25) is 4.99 Å². The predicted octanol–water partition coefficient (Wildman–Crippen LogP) is 2.95. The third-order valence-corrected chi connectivity index (χ3v) is 5.34. The van der Waals surface area contributed by atoms with E-state index in [1.807, 2.05) is 36.0 Å². The van der Waals surface area contributed by atoms with Crippen LogP contribution in [0.1, 0.15) is 18.7 Å². The van der Waals surface area contributed by atoms with Gasteiger partial charge in [0.1, 0.15) is 0 Å². The molecule has 0 spiro atoms. The Morgan fingerprint density at radius 1 is 1.46 bits per heavy atom. The van der Waals surface area contributed by atoms with Crippen molar-refractivity contribution < 1.29 is 4.52 Å². The Kier molecular flexibility index (Phi) is 5.98. The third-order valence-electron chi connectivity index (χ3n) is 3.70. The van der Waals surface area contributed by atoms with Crippen molar-refractivity contribution in [3.63, 3.8) is 0 Å². The number of thioether (sulfide) groups is 1. The number of aromatic nitrogens is 2. The van der Waals surface area contributed by atoms with Crippen molar-refractivity contribution in [1.29, 1.82) is 0 Å². The van der Waals surface area contributed by atoms with Crippen LogP contribution >= 0.6 is 23.4 Å². The first-order chi connectivity index (χ1) is 11.7. The Labute approximate surface area is 150 Å². The molecule has 6 nitrogen and oxygen atoms in total. The van der Waals surface area contributed by atoms with Gasteiger partial charge in [-0.15, -0.1) is 0 Å². The molecule has 3 rings (SSSR count). The summed E-state index contributed by atoms with van der Waals surface area (Å²) in [6.45, 7) is 1.34. The second-order valence-electron chi connectivity index (χ2n) is 5.46. The van der Waals surface area contributed by atoms with Gasteiger partial charge in [-0.1, -0.05) is 28.9 Å². The van der Waals surface area contributed by atoms with E-state index in [1.165, 1.54) is 18.6 Å². The molecule has 2 heterocycles. The molecule has 8 heteroatoms. The highest BCUT2D eigenvalue weighted by molar-refractivity contribution is 8.00. The molecule has 1 aliphatic rings. The van der Waals surface area contributed by atoms with E-state index >= 15 is 0 Å². The highest BCUT2D eigenvalue weighted by atomic mass is 35.5. The van der Waals surface area contributed by atoms with Crippen molar-refractivity contribution in [1.82, 2.24) is 20.8 Å². The van der Waals surface area contributed by atoms with Crippen LogP contribution < -0.4 is 10.6 Å². The van der Waals surface area contributed by atoms with Crippen LogP contribution in [0.15, 0.2) is 33.8 Å². The minimum absolute atomic E-state index is 0.422. The summed E-state index contributed by atoms with van der Waals surface area (Å²) in [7, 11) is 1.75. The zero-order valence-electron chi connectivity index (χ0n) is 13.5. The molecule has 0 amide bonds. The molecule has 1 aromatic heterocycles. The van der Waals surface area contributed by atoms with Gasteiger partial charge in [-0.25, -0.2) is 0 Å². The summed E-state index contributed by atoms with van der Waals surface area (Å²) in [6, 6.07) is 7.38. The average molecular weight is 366 g/mol. The first kappa shape index (κ1) is 17.1. The van der Waals surface area contributed by atoms with Crippen LogP contribution in [0.2, 0.25) is 5.02 Å². The summed E-state index contributed by atoms with van der Waals surface area (Å²) >= 11 is 8.00. The molecule has 0 radical (unpaired) electrons. The molecule has 24 heavy (non-hydrogen) atoms. The van der Waals surface area contributed by atoms with Gasteiger partial charge in [-0.05, 0) is 30.7 Å². The summed E-state index contributed by atoms with van der Waals surface area (Å²) in [5, 5.41) is 11.8. The standard InChI is InChI=1S/C16H20ClN5OS/c1-18-16(19-9-13-6-3-7-24-13)20-10-14-21-15(22-23-14)11-4-2-5-12(17)8-11/h2,4-5,8,13H,3,6-7,9-10H2,1H3,(H2,18,19,20). The summed E-state index contributed by atoms with van der Waals surface area (Å²) in [6.07, 6.45) is 2.57. The second kappa shape index (κ2) is 8.39. The normalized spacial score (nSPS) is 17.9.